The molecule has 1 atom stereocenters. The molecule has 17 heavy (non-hydrogen) atoms. The first-order valence-corrected chi connectivity index (χ1v) is 5.75. The average molecular weight is 251 g/mol. The molecule has 1 aromatic heterocycles. The number of rotatable bonds is 2. The standard InChI is InChI=1S/C13H12F2NP/c1-9-3-2-4-10(7-9)11-5-6-12(16-8-11)13(14,15)17/h2-8H,17H2,1H3. The van der Waals surface area contributed by atoms with Gasteiger partial charge in [-0.15, -0.1) is 0 Å². The lowest BCUT2D eigenvalue weighted by Gasteiger charge is -2.10. The Labute approximate surface area is 101 Å². The summed E-state index contributed by atoms with van der Waals surface area (Å²) >= 11 is 0. The number of pyridine rings is 1. The summed E-state index contributed by atoms with van der Waals surface area (Å²) in [5.74, 6) is 0. The number of hydrogen-bond acceptors (Lipinski definition) is 1. The number of halogens is 2. The lowest BCUT2D eigenvalue weighted by atomic mass is 10.1. The molecule has 2 rings (SSSR count). The zero-order valence-electron chi connectivity index (χ0n) is 9.32. The van der Waals surface area contributed by atoms with Crippen molar-refractivity contribution in [1.82, 2.24) is 4.98 Å². The van der Waals surface area contributed by atoms with Crippen LogP contribution in [-0.2, 0) is 5.66 Å². The SMILES string of the molecule is Cc1cccc(-c2ccc(C(F)(F)P)nc2)c1. The molecule has 88 valence electrons. The fraction of sp³-hybridized carbons (Fsp3) is 0.154. The summed E-state index contributed by atoms with van der Waals surface area (Å²) in [5, 5.41) is 0. The first-order valence-electron chi connectivity index (χ1n) is 5.17. The lowest BCUT2D eigenvalue weighted by molar-refractivity contribution is 0.0987. The molecule has 0 saturated carbocycles. The monoisotopic (exact) mass is 251 g/mol. The second-order valence-electron chi connectivity index (χ2n) is 3.92. The molecule has 1 aromatic carbocycles. The molecule has 1 unspecified atom stereocenters. The molecule has 0 fully saturated rings. The van der Waals surface area contributed by atoms with Crippen molar-refractivity contribution in [3.8, 4) is 11.1 Å². The first kappa shape index (κ1) is 12.1. The molecule has 0 aliphatic rings. The number of aromatic nitrogens is 1. The van der Waals surface area contributed by atoms with Gasteiger partial charge in [-0.2, -0.15) is 8.78 Å². The summed E-state index contributed by atoms with van der Waals surface area (Å²) in [6, 6.07) is 10.9. The second kappa shape index (κ2) is 4.50. The van der Waals surface area contributed by atoms with Gasteiger partial charge in [-0.1, -0.05) is 45.1 Å². The van der Waals surface area contributed by atoms with Gasteiger partial charge in [0.15, 0.2) is 0 Å². The van der Waals surface area contributed by atoms with Gasteiger partial charge in [0.25, 0.3) is 5.66 Å². The molecule has 0 bridgehead atoms. The van der Waals surface area contributed by atoms with Gasteiger partial charge in [0.2, 0.25) is 0 Å². The summed E-state index contributed by atoms with van der Waals surface area (Å²) in [7, 11) is 1.49. The third-order valence-corrected chi connectivity index (χ3v) is 2.75. The van der Waals surface area contributed by atoms with Crippen LogP contribution in [0.1, 0.15) is 11.3 Å². The molecular weight excluding hydrogens is 239 g/mol. The second-order valence-corrected chi connectivity index (χ2v) is 4.65. The molecule has 4 heteroatoms. The molecule has 1 nitrogen and oxygen atoms in total. The largest absolute Gasteiger partial charge is 0.300 e. The molecule has 0 radical (unpaired) electrons. The maximum absolute atomic E-state index is 13.0. The van der Waals surface area contributed by atoms with Crippen LogP contribution < -0.4 is 0 Å². The van der Waals surface area contributed by atoms with Crippen LogP contribution in [0.25, 0.3) is 11.1 Å². The summed E-state index contributed by atoms with van der Waals surface area (Å²) in [4.78, 5) is 3.79. The van der Waals surface area contributed by atoms with Gasteiger partial charge < -0.3 is 0 Å². The van der Waals surface area contributed by atoms with E-state index in [4.69, 9.17) is 0 Å². The van der Waals surface area contributed by atoms with E-state index >= 15 is 0 Å². The van der Waals surface area contributed by atoms with Gasteiger partial charge in [-0.25, -0.2) is 0 Å². The van der Waals surface area contributed by atoms with Crippen LogP contribution in [0.15, 0.2) is 42.6 Å². The van der Waals surface area contributed by atoms with Crippen LogP contribution in [0.3, 0.4) is 0 Å². The van der Waals surface area contributed by atoms with Crippen LogP contribution in [0.4, 0.5) is 8.78 Å². The summed E-state index contributed by atoms with van der Waals surface area (Å²) in [6.07, 6.45) is 1.47. The number of benzene rings is 1. The summed E-state index contributed by atoms with van der Waals surface area (Å²) < 4.78 is 25.9. The minimum absolute atomic E-state index is 0.237. The Kier molecular flexibility index (Phi) is 3.21. The zero-order valence-corrected chi connectivity index (χ0v) is 10.5. The fourth-order valence-corrected chi connectivity index (χ4v) is 1.76. The van der Waals surface area contributed by atoms with Crippen molar-refractivity contribution in [3.63, 3.8) is 0 Å². The van der Waals surface area contributed by atoms with Crippen molar-refractivity contribution in [2.45, 2.75) is 12.6 Å². The summed E-state index contributed by atoms with van der Waals surface area (Å²) in [6.45, 7) is 1.99. The predicted molar refractivity (Wildman–Crippen MR) is 68.0 cm³/mol. The van der Waals surface area contributed by atoms with Crippen LogP contribution in [-0.4, -0.2) is 4.98 Å². The first-order chi connectivity index (χ1) is 7.97. The Morgan fingerprint density at radius 1 is 1.12 bits per heavy atom. The summed E-state index contributed by atoms with van der Waals surface area (Å²) in [5.41, 5.74) is -0.254. The zero-order chi connectivity index (χ0) is 12.5. The fourth-order valence-electron chi connectivity index (χ4n) is 1.59. The van der Waals surface area contributed by atoms with E-state index in [2.05, 4.69) is 4.98 Å². The van der Waals surface area contributed by atoms with E-state index in [1.54, 1.807) is 6.07 Å². The molecule has 0 N–H and O–H groups in total. The van der Waals surface area contributed by atoms with Gasteiger partial charge in [0.1, 0.15) is 5.69 Å². The highest BCUT2D eigenvalue weighted by Crippen LogP contribution is 2.33. The maximum Gasteiger partial charge on any atom is 0.300 e. The van der Waals surface area contributed by atoms with Gasteiger partial charge in [-0.05, 0) is 18.6 Å². The number of hydrogen-bond donors (Lipinski definition) is 0. The molecule has 2 aromatic rings. The lowest BCUT2D eigenvalue weighted by Crippen LogP contribution is -2.04. The van der Waals surface area contributed by atoms with Crippen molar-refractivity contribution in [3.05, 3.63) is 53.9 Å². The number of aryl methyl sites for hydroxylation is 1. The molecule has 0 aliphatic heterocycles. The molecule has 0 aliphatic carbocycles. The van der Waals surface area contributed by atoms with Crippen molar-refractivity contribution in [2.75, 3.05) is 0 Å². The highest BCUT2D eigenvalue weighted by Gasteiger charge is 2.25. The molecule has 0 spiro atoms. The van der Waals surface area contributed by atoms with E-state index < -0.39 is 5.66 Å². The Hall–Kier alpha value is -1.34. The van der Waals surface area contributed by atoms with E-state index in [0.717, 1.165) is 16.7 Å². The van der Waals surface area contributed by atoms with Crippen LogP contribution >= 0.6 is 9.24 Å². The van der Waals surface area contributed by atoms with Gasteiger partial charge >= 0.3 is 0 Å². The van der Waals surface area contributed by atoms with Crippen molar-refractivity contribution in [2.24, 2.45) is 0 Å². The van der Waals surface area contributed by atoms with E-state index in [-0.39, 0.29) is 5.69 Å². The van der Waals surface area contributed by atoms with Gasteiger partial charge in [0, 0.05) is 11.8 Å². The Balaban J connectivity index is 2.36. The van der Waals surface area contributed by atoms with Gasteiger partial charge in [-0.3, -0.25) is 4.98 Å². The minimum Gasteiger partial charge on any atom is -0.254 e. The van der Waals surface area contributed by atoms with E-state index in [0.29, 0.717) is 0 Å². The quantitative estimate of drug-likeness (QED) is 0.735. The topological polar surface area (TPSA) is 12.9 Å². The van der Waals surface area contributed by atoms with Gasteiger partial charge in [0.05, 0.1) is 0 Å². The van der Waals surface area contributed by atoms with Crippen LogP contribution in [0.5, 0.6) is 0 Å². The normalized spacial score (nSPS) is 11.5. The Morgan fingerprint density at radius 2 is 1.88 bits per heavy atom. The highest BCUT2D eigenvalue weighted by atomic mass is 31.0. The average Bonchev–Trinajstić information content (AvgIpc) is 2.28. The van der Waals surface area contributed by atoms with E-state index in [9.17, 15) is 8.78 Å². The Bertz CT molecular complexity index is 518. The molecule has 0 amide bonds. The smallest absolute Gasteiger partial charge is 0.254 e. The highest BCUT2D eigenvalue weighted by molar-refractivity contribution is 7.17. The minimum atomic E-state index is -2.97. The van der Waals surface area contributed by atoms with Crippen LogP contribution in [0, 0.1) is 6.92 Å². The Morgan fingerprint density at radius 3 is 2.41 bits per heavy atom. The molecular formula is C13H12F2NP. The van der Waals surface area contributed by atoms with Crippen LogP contribution in [0.2, 0.25) is 0 Å². The predicted octanol–water partition coefficient (Wildman–Crippen LogP) is 3.98. The van der Waals surface area contributed by atoms with Crippen molar-refractivity contribution >= 4 is 9.24 Å². The molecule has 1 heterocycles. The molecule has 0 saturated heterocycles. The van der Waals surface area contributed by atoms with E-state index in [1.165, 1.54) is 21.5 Å². The maximum atomic E-state index is 13.0. The number of nitrogens with zero attached hydrogens (tertiary/aromatic N) is 1. The third-order valence-electron chi connectivity index (χ3n) is 2.46. The van der Waals surface area contributed by atoms with Crippen molar-refractivity contribution in [1.29, 1.82) is 0 Å². The van der Waals surface area contributed by atoms with Crippen molar-refractivity contribution < 1.29 is 8.78 Å². The number of alkyl halides is 2. The third kappa shape index (κ3) is 2.86. The van der Waals surface area contributed by atoms with E-state index in [1.807, 2.05) is 31.2 Å².